The van der Waals surface area contributed by atoms with Crippen LogP contribution >= 0.6 is 0 Å². The number of para-hydroxylation sites is 1. The Balaban J connectivity index is 1.03. The molecule has 1 aliphatic carbocycles. The van der Waals surface area contributed by atoms with Crippen LogP contribution in [0.3, 0.4) is 0 Å². The summed E-state index contributed by atoms with van der Waals surface area (Å²) in [5.74, 6) is 1.76. The molecule has 0 saturated heterocycles. The standard InChI is InChI=1S/C58H37N3O/c1-3-15-38(16-4-1)39-29-31-40(32-30-39)41-17-13-18-42(35-41)55-59-56(61-57(60-55)44-33-34-50-49-25-9-12-28-53(49)62-54(50)37-44)43-19-14-22-46(36-43)58(45-20-5-2-6-21-45)51-26-10-7-23-47(51)48-24-8-11-27-52(48)58/h1-37H. The molecule has 1 aliphatic rings. The molecule has 11 aromatic rings. The quantitative estimate of drug-likeness (QED) is 0.161. The lowest BCUT2D eigenvalue weighted by Crippen LogP contribution is -2.28. The molecule has 62 heavy (non-hydrogen) atoms. The highest BCUT2D eigenvalue weighted by atomic mass is 16.3. The van der Waals surface area contributed by atoms with E-state index in [4.69, 9.17) is 19.4 Å². The van der Waals surface area contributed by atoms with E-state index in [0.29, 0.717) is 17.5 Å². The van der Waals surface area contributed by atoms with Crippen LogP contribution in [0, 0.1) is 0 Å². The Morgan fingerprint density at radius 3 is 1.44 bits per heavy atom. The molecule has 0 radical (unpaired) electrons. The van der Waals surface area contributed by atoms with Crippen molar-refractivity contribution >= 4 is 21.9 Å². The number of benzene rings is 9. The molecule has 2 aromatic heterocycles. The predicted octanol–water partition coefficient (Wildman–Crippen LogP) is 14.5. The summed E-state index contributed by atoms with van der Waals surface area (Å²) in [7, 11) is 0. The third kappa shape index (κ3) is 5.80. The van der Waals surface area contributed by atoms with Crippen LogP contribution in [0.1, 0.15) is 22.3 Å². The zero-order valence-electron chi connectivity index (χ0n) is 33.6. The van der Waals surface area contributed by atoms with Crippen LogP contribution in [-0.4, -0.2) is 15.0 Å². The van der Waals surface area contributed by atoms with E-state index in [-0.39, 0.29) is 0 Å². The monoisotopic (exact) mass is 791 g/mol. The second-order valence-corrected chi connectivity index (χ2v) is 15.9. The van der Waals surface area contributed by atoms with E-state index in [1.165, 1.54) is 38.9 Å². The van der Waals surface area contributed by atoms with Crippen LogP contribution in [0.4, 0.5) is 0 Å². The van der Waals surface area contributed by atoms with Gasteiger partial charge in [-0.2, -0.15) is 0 Å². The molecule has 9 aromatic carbocycles. The topological polar surface area (TPSA) is 51.8 Å². The molecule has 0 unspecified atom stereocenters. The van der Waals surface area contributed by atoms with E-state index < -0.39 is 5.41 Å². The number of fused-ring (bicyclic) bond motifs is 6. The lowest BCUT2D eigenvalue weighted by Gasteiger charge is -2.34. The second kappa shape index (κ2) is 14.5. The zero-order chi connectivity index (χ0) is 41.0. The van der Waals surface area contributed by atoms with Crippen LogP contribution in [0.25, 0.3) is 89.5 Å². The van der Waals surface area contributed by atoms with E-state index in [1.54, 1.807) is 0 Å². The Hall–Kier alpha value is -8.21. The Morgan fingerprint density at radius 1 is 0.290 bits per heavy atom. The average molecular weight is 792 g/mol. The van der Waals surface area contributed by atoms with Gasteiger partial charge in [0.15, 0.2) is 17.5 Å². The number of hydrogen-bond donors (Lipinski definition) is 0. The first-order valence-corrected chi connectivity index (χ1v) is 21.0. The van der Waals surface area contributed by atoms with Gasteiger partial charge >= 0.3 is 0 Å². The molecule has 4 nitrogen and oxygen atoms in total. The van der Waals surface area contributed by atoms with Crippen LogP contribution in [0.2, 0.25) is 0 Å². The summed E-state index contributed by atoms with van der Waals surface area (Å²) in [5.41, 5.74) is 15.7. The van der Waals surface area contributed by atoms with Crippen LogP contribution in [0.5, 0.6) is 0 Å². The molecule has 4 heteroatoms. The van der Waals surface area contributed by atoms with Crippen LogP contribution in [-0.2, 0) is 5.41 Å². The molecule has 0 spiro atoms. The van der Waals surface area contributed by atoms with Gasteiger partial charge in [0.2, 0.25) is 0 Å². The molecule has 2 heterocycles. The van der Waals surface area contributed by atoms with E-state index in [1.807, 2.05) is 24.3 Å². The SMILES string of the molecule is c1ccc(-c2ccc(-c3cccc(-c4nc(-c5cccc(C6(c7ccccc7)c7ccccc7-c7ccccc76)c5)nc(-c5ccc6c(c5)oc5ccccc56)n4)c3)cc2)cc1. The maximum atomic E-state index is 6.36. The van der Waals surface area contributed by atoms with E-state index in [9.17, 15) is 0 Å². The van der Waals surface area contributed by atoms with E-state index in [2.05, 4.69) is 200 Å². The number of rotatable bonds is 7. The average Bonchev–Trinajstić information content (AvgIpc) is 3.88. The lowest BCUT2D eigenvalue weighted by atomic mass is 9.67. The first-order chi connectivity index (χ1) is 30.7. The van der Waals surface area contributed by atoms with Crippen molar-refractivity contribution in [1.29, 1.82) is 0 Å². The molecular weight excluding hydrogens is 755 g/mol. The number of furan rings is 1. The second-order valence-electron chi connectivity index (χ2n) is 15.9. The summed E-state index contributed by atoms with van der Waals surface area (Å²) in [6, 6.07) is 79.4. The predicted molar refractivity (Wildman–Crippen MR) is 252 cm³/mol. The molecule has 0 amide bonds. The fraction of sp³-hybridized carbons (Fsp3) is 0.0172. The fourth-order valence-electron chi connectivity index (χ4n) is 9.56. The van der Waals surface area contributed by atoms with Crippen molar-refractivity contribution in [2.24, 2.45) is 0 Å². The highest BCUT2D eigenvalue weighted by molar-refractivity contribution is 6.05. The van der Waals surface area contributed by atoms with Gasteiger partial charge in [-0.3, -0.25) is 0 Å². The first-order valence-electron chi connectivity index (χ1n) is 21.0. The number of nitrogens with zero attached hydrogens (tertiary/aromatic N) is 3. The lowest BCUT2D eigenvalue weighted by molar-refractivity contribution is 0.669. The number of aromatic nitrogens is 3. The third-order valence-electron chi connectivity index (χ3n) is 12.4. The van der Waals surface area contributed by atoms with Crippen molar-refractivity contribution in [3.63, 3.8) is 0 Å². The van der Waals surface area contributed by atoms with Gasteiger partial charge in [-0.15, -0.1) is 0 Å². The van der Waals surface area contributed by atoms with Gasteiger partial charge in [0.1, 0.15) is 11.2 Å². The summed E-state index contributed by atoms with van der Waals surface area (Å²) < 4.78 is 6.36. The van der Waals surface area contributed by atoms with Gasteiger partial charge in [-0.25, -0.2) is 15.0 Å². The Bertz CT molecular complexity index is 3420. The summed E-state index contributed by atoms with van der Waals surface area (Å²) in [4.78, 5) is 15.8. The number of hydrogen-bond acceptors (Lipinski definition) is 4. The van der Waals surface area contributed by atoms with Gasteiger partial charge in [0, 0.05) is 27.5 Å². The zero-order valence-corrected chi connectivity index (χ0v) is 33.6. The van der Waals surface area contributed by atoms with E-state index >= 15 is 0 Å². The maximum Gasteiger partial charge on any atom is 0.164 e. The highest BCUT2D eigenvalue weighted by Crippen LogP contribution is 2.56. The van der Waals surface area contributed by atoms with Gasteiger partial charge in [0.25, 0.3) is 0 Å². The third-order valence-corrected chi connectivity index (χ3v) is 12.4. The molecule has 290 valence electrons. The summed E-state index contributed by atoms with van der Waals surface area (Å²) in [6.45, 7) is 0. The normalized spacial score (nSPS) is 12.6. The molecule has 12 rings (SSSR count). The van der Waals surface area contributed by atoms with Gasteiger partial charge in [0.05, 0.1) is 5.41 Å². The molecular formula is C58H37N3O. The van der Waals surface area contributed by atoms with Crippen molar-refractivity contribution in [2.75, 3.05) is 0 Å². The smallest absolute Gasteiger partial charge is 0.164 e. The van der Waals surface area contributed by atoms with Crippen molar-refractivity contribution < 1.29 is 4.42 Å². The Labute approximate surface area is 359 Å². The fourth-order valence-corrected chi connectivity index (χ4v) is 9.56. The molecule has 0 aliphatic heterocycles. The molecule has 0 saturated carbocycles. The van der Waals surface area contributed by atoms with Gasteiger partial charge in [-0.05, 0) is 86.0 Å². The van der Waals surface area contributed by atoms with Crippen molar-refractivity contribution in [3.8, 4) is 67.5 Å². The minimum Gasteiger partial charge on any atom is -0.456 e. The van der Waals surface area contributed by atoms with Crippen LogP contribution < -0.4 is 0 Å². The van der Waals surface area contributed by atoms with Gasteiger partial charge in [-0.1, -0.05) is 194 Å². The summed E-state index contributed by atoms with van der Waals surface area (Å²) in [5, 5.41) is 2.14. The largest absolute Gasteiger partial charge is 0.456 e. The molecule has 0 bridgehead atoms. The van der Waals surface area contributed by atoms with Gasteiger partial charge < -0.3 is 4.42 Å². The molecule has 0 atom stereocenters. The Kier molecular flexibility index (Phi) is 8.36. The summed E-state index contributed by atoms with van der Waals surface area (Å²) in [6.07, 6.45) is 0. The maximum absolute atomic E-state index is 6.36. The molecule has 0 N–H and O–H groups in total. The first kappa shape index (κ1) is 35.7. The molecule has 0 fully saturated rings. The van der Waals surface area contributed by atoms with E-state index in [0.717, 1.165) is 55.3 Å². The minimum atomic E-state index is -0.556. The van der Waals surface area contributed by atoms with Crippen molar-refractivity contribution in [2.45, 2.75) is 5.41 Å². The minimum absolute atomic E-state index is 0.556. The summed E-state index contributed by atoms with van der Waals surface area (Å²) >= 11 is 0. The van der Waals surface area contributed by atoms with Crippen molar-refractivity contribution in [3.05, 3.63) is 247 Å². The van der Waals surface area contributed by atoms with Crippen LogP contribution in [0.15, 0.2) is 229 Å². The van der Waals surface area contributed by atoms with Crippen molar-refractivity contribution in [1.82, 2.24) is 15.0 Å². The highest BCUT2D eigenvalue weighted by Gasteiger charge is 2.46. The Morgan fingerprint density at radius 2 is 0.742 bits per heavy atom.